The van der Waals surface area contributed by atoms with Crippen molar-refractivity contribution in [3.05, 3.63) is 23.4 Å². The summed E-state index contributed by atoms with van der Waals surface area (Å²) in [7, 11) is 0. The number of nitrogens with one attached hydrogen (secondary N) is 1. The number of hydrogen-bond donors (Lipinski definition) is 1. The molecule has 0 aromatic carbocycles. The molecule has 1 N–H and O–H groups in total. The summed E-state index contributed by atoms with van der Waals surface area (Å²) in [4.78, 5) is 22.2. The highest BCUT2D eigenvalue weighted by Gasteiger charge is 2.36. The van der Waals surface area contributed by atoms with E-state index in [1.54, 1.807) is 0 Å². The Morgan fingerprint density at radius 3 is 2.75 bits per heavy atom. The van der Waals surface area contributed by atoms with Gasteiger partial charge in [0.25, 0.3) is 5.91 Å². The third kappa shape index (κ3) is 0.650. The van der Waals surface area contributed by atoms with Crippen LogP contribution < -0.4 is 5.32 Å². The fourth-order valence-electron chi connectivity index (χ4n) is 1.29. The lowest BCUT2D eigenvalue weighted by molar-refractivity contribution is -0.117. The molecule has 2 rings (SSSR count). The third-order valence-corrected chi connectivity index (χ3v) is 1.90. The number of amides is 1. The highest BCUT2D eigenvalue weighted by molar-refractivity contribution is 6.20. The zero-order chi connectivity index (χ0) is 8.72. The first-order valence-electron chi connectivity index (χ1n) is 3.41. The monoisotopic (exact) mass is 160 g/mol. The predicted molar refractivity (Wildman–Crippen MR) is 38.4 cm³/mol. The minimum absolute atomic E-state index is 0.286. The number of carbonyl (C=O) groups excluding carboxylic acids is 2. The molecule has 0 saturated carbocycles. The number of carbonyl (C=O) groups is 2. The lowest BCUT2D eigenvalue weighted by atomic mass is 10.1. The summed E-state index contributed by atoms with van der Waals surface area (Å²) in [5.74, 6) is -1.35. The average molecular weight is 160 g/mol. The molecule has 1 unspecified atom stereocenters. The minimum Gasteiger partial charge on any atom is -0.328 e. The van der Waals surface area contributed by atoms with Gasteiger partial charge in [-0.2, -0.15) is 5.26 Å². The van der Waals surface area contributed by atoms with Gasteiger partial charge < -0.3 is 5.32 Å². The number of ketones is 1. The molecule has 0 spiro atoms. The zero-order valence-corrected chi connectivity index (χ0v) is 6.00. The number of nitriles is 1. The summed E-state index contributed by atoms with van der Waals surface area (Å²) in [6.07, 6.45) is 2.75. The van der Waals surface area contributed by atoms with Crippen LogP contribution in [-0.2, 0) is 9.59 Å². The quantitative estimate of drug-likeness (QED) is 0.526. The van der Waals surface area contributed by atoms with Crippen molar-refractivity contribution in [2.24, 2.45) is 5.92 Å². The number of allylic oxidation sites excluding steroid dienone is 1. The number of Topliss-reactive ketones (excluding diaryl/α,β-unsaturated/α-hetero) is 1. The van der Waals surface area contributed by atoms with E-state index in [4.69, 9.17) is 5.26 Å². The van der Waals surface area contributed by atoms with Crippen LogP contribution in [0.1, 0.15) is 0 Å². The molecule has 1 heterocycles. The lowest BCUT2D eigenvalue weighted by Crippen LogP contribution is -2.11. The number of hydrogen-bond acceptors (Lipinski definition) is 3. The molecule has 0 radical (unpaired) electrons. The van der Waals surface area contributed by atoms with E-state index in [9.17, 15) is 9.59 Å². The molecule has 58 valence electrons. The Kier molecular flexibility index (Phi) is 1.16. The smallest absolute Gasteiger partial charge is 0.255 e. The van der Waals surface area contributed by atoms with Crippen LogP contribution >= 0.6 is 0 Å². The van der Waals surface area contributed by atoms with E-state index in [1.807, 2.05) is 6.07 Å². The second kappa shape index (κ2) is 2.05. The second-order valence-corrected chi connectivity index (χ2v) is 2.58. The first-order valence-corrected chi connectivity index (χ1v) is 3.41. The van der Waals surface area contributed by atoms with Crippen molar-refractivity contribution < 1.29 is 9.59 Å². The van der Waals surface area contributed by atoms with Crippen LogP contribution in [-0.4, -0.2) is 11.7 Å². The Bertz CT molecular complexity index is 384. The first kappa shape index (κ1) is 6.80. The SMILES string of the molecule is N#CC1C=C2C(=O)NC=C2C1=O. The van der Waals surface area contributed by atoms with E-state index in [2.05, 4.69) is 5.32 Å². The molecular weight excluding hydrogens is 156 g/mol. The average Bonchev–Trinajstić information content (AvgIpc) is 2.55. The normalized spacial score (nSPS) is 25.8. The molecule has 12 heavy (non-hydrogen) atoms. The van der Waals surface area contributed by atoms with Crippen molar-refractivity contribution in [1.82, 2.24) is 5.32 Å². The number of nitrogens with zero attached hydrogens (tertiary/aromatic N) is 1. The van der Waals surface area contributed by atoms with E-state index in [0.717, 1.165) is 0 Å². The Labute approximate surface area is 68.2 Å². The molecule has 1 atom stereocenters. The van der Waals surface area contributed by atoms with Gasteiger partial charge in [0.2, 0.25) is 0 Å². The fraction of sp³-hybridized carbons (Fsp3) is 0.125. The van der Waals surface area contributed by atoms with E-state index in [1.165, 1.54) is 12.3 Å². The van der Waals surface area contributed by atoms with Gasteiger partial charge in [-0.15, -0.1) is 0 Å². The van der Waals surface area contributed by atoms with Gasteiger partial charge in [0.1, 0.15) is 5.92 Å². The van der Waals surface area contributed by atoms with Crippen LogP contribution in [0.5, 0.6) is 0 Å². The van der Waals surface area contributed by atoms with Crippen molar-refractivity contribution in [1.29, 1.82) is 5.26 Å². The summed E-state index contributed by atoms with van der Waals surface area (Å²) in [5.41, 5.74) is 0.679. The van der Waals surface area contributed by atoms with Crippen LogP contribution in [0.4, 0.5) is 0 Å². The standard InChI is InChI=1S/C8H4N2O2/c9-2-4-1-5-6(7(4)11)3-10-8(5)12/h1,3-4H,(H,10,12). The van der Waals surface area contributed by atoms with Crippen molar-refractivity contribution in [3.63, 3.8) is 0 Å². The van der Waals surface area contributed by atoms with Crippen molar-refractivity contribution in [2.45, 2.75) is 0 Å². The molecule has 0 saturated heterocycles. The molecule has 1 aliphatic heterocycles. The molecule has 0 aromatic rings. The topological polar surface area (TPSA) is 70.0 Å². The molecular formula is C8H4N2O2. The molecule has 2 aliphatic rings. The summed E-state index contributed by atoms with van der Waals surface area (Å²) < 4.78 is 0. The molecule has 1 amide bonds. The van der Waals surface area contributed by atoms with E-state index < -0.39 is 5.92 Å². The van der Waals surface area contributed by atoms with Crippen molar-refractivity contribution in [3.8, 4) is 6.07 Å². The van der Waals surface area contributed by atoms with Gasteiger partial charge in [-0.1, -0.05) is 0 Å². The summed E-state index contributed by atoms with van der Waals surface area (Å²) in [6, 6.07) is 1.82. The first-order chi connectivity index (χ1) is 5.74. The summed E-state index contributed by atoms with van der Waals surface area (Å²) >= 11 is 0. The molecule has 4 heteroatoms. The van der Waals surface area contributed by atoms with Gasteiger partial charge in [-0.05, 0) is 6.08 Å². The largest absolute Gasteiger partial charge is 0.328 e. The van der Waals surface area contributed by atoms with E-state index in [-0.39, 0.29) is 11.7 Å². The fourth-order valence-corrected chi connectivity index (χ4v) is 1.29. The Morgan fingerprint density at radius 2 is 2.17 bits per heavy atom. The van der Waals surface area contributed by atoms with E-state index >= 15 is 0 Å². The number of rotatable bonds is 0. The third-order valence-electron chi connectivity index (χ3n) is 1.90. The molecule has 0 aromatic heterocycles. The van der Waals surface area contributed by atoms with Crippen LogP contribution in [0.3, 0.4) is 0 Å². The zero-order valence-electron chi connectivity index (χ0n) is 6.00. The van der Waals surface area contributed by atoms with Crippen molar-refractivity contribution >= 4 is 11.7 Å². The summed E-state index contributed by atoms with van der Waals surface area (Å²) in [6.45, 7) is 0. The Hall–Kier alpha value is -1.89. The number of fused-ring (bicyclic) bond motifs is 1. The molecule has 4 nitrogen and oxygen atoms in total. The van der Waals surface area contributed by atoms with Gasteiger partial charge in [0.05, 0.1) is 6.07 Å². The Morgan fingerprint density at radius 1 is 1.42 bits per heavy atom. The van der Waals surface area contributed by atoms with Crippen LogP contribution in [0.25, 0.3) is 0 Å². The molecule has 0 fully saturated rings. The van der Waals surface area contributed by atoms with Gasteiger partial charge >= 0.3 is 0 Å². The maximum atomic E-state index is 11.2. The van der Waals surface area contributed by atoms with E-state index in [0.29, 0.717) is 11.1 Å². The van der Waals surface area contributed by atoms with Gasteiger partial charge in [-0.25, -0.2) is 0 Å². The minimum atomic E-state index is -0.766. The molecule has 0 bridgehead atoms. The summed E-state index contributed by atoms with van der Waals surface area (Å²) in [5, 5.41) is 10.9. The predicted octanol–water partition coefficient (Wildman–Crippen LogP) is -0.351. The molecule has 1 aliphatic carbocycles. The van der Waals surface area contributed by atoms with Gasteiger partial charge in [0.15, 0.2) is 5.78 Å². The van der Waals surface area contributed by atoms with Crippen LogP contribution in [0.2, 0.25) is 0 Å². The van der Waals surface area contributed by atoms with Crippen molar-refractivity contribution in [2.75, 3.05) is 0 Å². The van der Waals surface area contributed by atoms with Crippen LogP contribution in [0, 0.1) is 17.2 Å². The lowest BCUT2D eigenvalue weighted by Gasteiger charge is -1.90. The highest BCUT2D eigenvalue weighted by atomic mass is 16.2. The van der Waals surface area contributed by atoms with Crippen LogP contribution in [0.15, 0.2) is 23.4 Å². The Balaban J connectivity index is 2.49. The highest BCUT2D eigenvalue weighted by Crippen LogP contribution is 2.28. The van der Waals surface area contributed by atoms with Gasteiger partial charge in [-0.3, -0.25) is 9.59 Å². The maximum Gasteiger partial charge on any atom is 0.255 e. The van der Waals surface area contributed by atoms with Gasteiger partial charge in [0, 0.05) is 17.3 Å². The second-order valence-electron chi connectivity index (χ2n) is 2.58. The maximum absolute atomic E-state index is 11.2.